The van der Waals surface area contributed by atoms with Gasteiger partial charge in [0.15, 0.2) is 0 Å². The van der Waals surface area contributed by atoms with Gasteiger partial charge in [0, 0.05) is 23.3 Å². The van der Waals surface area contributed by atoms with Crippen molar-refractivity contribution < 1.29 is 13.5 Å². The van der Waals surface area contributed by atoms with E-state index in [1.54, 1.807) is 0 Å². The van der Waals surface area contributed by atoms with Crippen LogP contribution < -0.4 is 5.73 Å². The Morgan fingerprint density at radius 2 is 2.10 bits per heavy atom. The lowest BCUT2D eigenvalue weighted by atomic mass is 10.1. The van der Waals surface area contributed by atoms with Gasteiger partial charge in [0.1, 0.15) is 0 Å². The second-order valence-corrected chi connectivity index (χ2v) is 8.20. The third-order valence-electron chi connectivity index (χ3n) is 3.65. The summed E-state index contributed by atoms with van der Waals surface area (Å²) in [6.45, 7) is 0.208. The minimum absolute atomic E-state index is 0.0489. The van der Waals surface area contributed by atoms with Crippen LogP contribution >= 0.6 is 27.5 Å². The highest BCUT2D eigenvalue weighted by Gasteiger charge is 2.34. The van der Waals surface area contributed by atoms with Gasteiger partial charge < -0.3 is 10.8 Å². The number of sulfonamides is 1. The number of halogens is 2. The SMILES string of the molecule is Nc1cc(Cl)cc(S(=O)(=O)N2CCCCCC2CO)c1Br. The first kappa shape index (κ1) is 17.0. The molecule has 0 spiro atoms. The first-order chi connectivity index (χ1) is 9.87. The molecule has 1 atom stereocenters. The first-order valence-electron chi connectivity index (χ1n) is 6.75. The molecule has 1 saturated heterocycles. The van der Waals surface area contributed by atoms with E-state index in [0.29, 0.717) is 17.4 Å². The molecule has 0 radical (unpaired) electrons. The molecule has 0 bridgehead atoms. The molecule has 0 amide bonds. The summed E-state index contributed by atoms with van der Waals surface area (Å²) in [5.41, 5.74) is 6.06. The minimum atomic E-state index is -3.76. The quantitative estimate of drug-likeness (QED) is 0.768. The zero-order valence-corrected chi connectivity index (χ0v) is 14.6. The molecule has 0 saturated carbocycles. The molecule has 0 aromatic heterocycles. The summed E-state index contributed by atoms with van der Waals surface area (Å²) in [6.07, 6.45) is 3.31. The molecule has 1 aliphatic heterocycles. The van der Waals surface area contributed by atoms with Gasteiger partial charge in [-0.25, -0.2) is 8.42 Å². The van der Waals surface area contributed by atoms with Gasteiger partial charge in [-0.15, -0.1) is 0 Å². The lowest BCUT2D eigenvalue weighted by Crippen LogP contribution is -2.42. The van der Waals surface area contributed by atoms with Crippen molar-refractivity contribution in [3.05, 3.63) is 21.6 Å². The topological polar surface area (TPSA) is 83.6 Å². The number of aliphatic hydroxyl groups excluding tert-OH is 1. The van der Waals surface area contributed by atoms with Crippen LogP contribution in [0.3, 0.4) is 0 Å². The monoisotopic (exact) mass is 396 g/mol. The molecule has 0 aliphatic carbocycles. The maximum Gasteiger partial charge on any atom is 0.244 e. The predicted molar refractivity (Wildman–Crippen MR) is 86.8 cm³/mol. The molecule has 5 nitrogen and oxygen atoms in total. The average Bonchev–Trinajstić information content (AvgIpc) is 2.68. The van der Waals surface area contributed by atoms with Gasteiger partial charge in [-0.3, -0.25) is 0 Å². The fraction of sp³-hybridized carbons (Fsp3) is 0.538. The number of hydrogen-bond acceptors (Lipinski definition) is 4. The molecule has 2 rings (SSSR count). The van der Waals surface area contributed by atoms with Crippen molar-refractivity contribution >= 4 is 43.2 Å². The number of rotatable bonds is 3. The van der Waals surface area contributed by atoms with E-state index < -0.39 is 16.1 Å². The number of hydrogen-bond donors (Lipinski definition) is 2. The Morgan fingerprint density at radius 3 is 2.76 bits per heavy atom. The van der Waals surface area contributed by atoms with Crippen molar-refractivity contribution in [1.29, 1.82) is 0 Å². The van der Waals surface area contributed by atoms with Crippen LogP contribution in [0.1, 0.15) is 25.7 Å². The van der Waals surface area contributed by atoms with E-state index in [-0.39, 0.29) is 22.2 Å². The first-order valence-corrected chi connectivity index (χ1v) is 9.36. The highest BCUT2D eigenvalue weighted by Crippen LogP contribution is 2.35. The number of aliphatic hydroxyl groups is 1. The third kappa shape index (κ3) is 3.53. The van der Waals surface area contributed by atoms with Crippen LogP contribution in [0.5, 0.6) is 0 Å². The molecule has 3 N–H and O–H groups in total. The maximum absolute atomic E-state index is 12.9. The zero-order valence-electron chi connectivity index (χ0n) is 11.4. The fourth-order valence-electron chi connectivity index (χ4n) is 2.55. The van der Waals surface area contributed by atoms with Crippen LogP contribution in [0.2, 0.25) is 5.02 Å². The summed E-state index contributed by atoms with van der Waals surface area (Å²) in [4.78, 5) is 0.0489. The predicted octanol–water partition coefficient (Wildman–Crippen LogP) is 2.61. The maximum atomic E-state index is 12.9. The molecule has 1 heterocycles. The molecular weight excluding hydrogens is 380 g/mol. The lowest BCUT2D eigenvalue weighted by molar-refractivity contribution is 0.186. The van der Waals surface area contributed by atoms with Gasteiger partial charge in [-0.05, 0) is 40.9 Å². The van der Waals surface area contributed by atoms with Crippen molar-refractivity contribution in [2.45, 2.75) is 36.6 Å². The van der Waals surface area contributed by atoms with E-state index >= 15 is 0 Å². The second-order valence-electron chi connectivity index (χ2n) is 5.11. The van der Waals surface area contributed by atoms with Gasteiger partial charge in [0.25, 0.3) is 0 Å². The standard InChI is InChI=1S/C13H18BrClN2O3S/c14-13-11(16)6-9(15)7-12(13)21(19,20)17-5-3-1-2-4-10(17)8-18/h6-7,10,18H,1-5,8,16H2. The molecule has 21 heavy (non-hydrogen) atoms. The molecular formula is C13H18BrClN2O3S. The second kappa shape index (κ2) is 6.83. The van der Waals surface area contributed by atoms with Crippen molar-refractivity contribution in [1.82, 2.24) is 4.31 Å². The van der Waals surface area contributed by atoms with Gasteiger partial charge in [0.2, 0.25) is 10.0 Å². The fourth-order valence-corrected chi connectivity index (χ4v) is 5.49. The van der Waals surface area contributed by atoms with E-state index in [4.69, 9.17) is 17.3 Å². The molecule has 118 valence electrons. The number of nitrogens with zero attached hydrogens (tertiary/aromatic N) is 1. The van der Waals surface area contributed by atoms with Crippen molar-refractivity contribution in [3.8, 4) is 0 Å². The Kier molecular flexibility index (Phi) is 5.54. The largest absolute Gasteiger partial charge is 0.398 e. The van der Waals surface area contributed by atoms with Crippen LogP contribution in [-0.4, -0.2) is 37.0 Å². The summed E-state index contributed by atoms with van der Waals surface area (Å²) in [6, 6.07) is 2.48. The van der Waals surface area contributed by atoms with E-state index in [9.17, 15) is 13.5 Å². The lowest BCUT2D eigenvalue weighted by Gasteiger charge is -2.28. The molecule has 1 aromatic rings. The summed E-state index contributed by atoms with van der Waals surface area (Å²) in [7, 11) is -3.76. The highest BCUT2D eigenvalue weighted by molar-refractivity contribution is 9.10. The number of nitrogen functional groups attached to an aromatic ring is 1. The summed E-state index contributed by atoms with van der Waals surface area (Å²) in [5, 5.41) is 9.77. The number of benzene rings is 1. The average molecular weight is 398 g/mol. The van der Waals surface area contributed by atoms with Crippen LogP contribution in [-0.2, 0) is 10.0 Å². The summed E-state index contributed by atoms with van der Waals surface area (Å²) in [5.74, 6) is 0. The highest BCUT2D eigenvalue weighted by atomic mass is 79.9. The van der Waals surface area contributed by atoms with E-state index in [2.05, 4.69) is 15.9 Å². The smallest absolute Gasteiger partial charge is 0.244 e. The van der Waals surface area contributed by atoms with Crippen molar-refractivity contribution in [2.24, 2.45) is 0 Å². The summed E-state index contributed by atoms with van der Waals surface area (Å²) < 4.78 is 27.5. The van der Waals surface area contributed by atoms with Gasteiger partial charge >= 0.3 is 0 Å². The summed E-state index contributed by atoms with van der Waals surface area (Å²) >= 11 is 9.16. The Hall–Kier alpha value is -0.340. The van der Waals surface area contributed by atoms with Gasteiger partial charge in [-0.2, -0.15) is 4.31 Å². The third-order valence-corrected chi connectivity index (χ3v) is 6.99. The number of anilines is 1. The van der Waals surface area contributed by atoms with Crippen molar-refractivity contribution in [2.75, 3.05) is 18.9 Å². The van der Waals surface area contributed by atoms with E-state index in [1.807, 2.05) is 0 Å². The van der Waals surface area contributed by atoms with Crippen LogP contribution in [0.4, 0.5) is 5.69 Å². The molecule has 1 fully saturated rings. The van der Waals surface area contributed by atoms with Gasteiger partial charge in [0.05, 0.1) is 16.0 Å². The zero-order chi connectivity index (χ0) is 15.6. The Balaban J connectivity index is 2.50. The Morgan fingerprint density at radius 1 is 1.38 bits per heavy atom. The van der Waals surface area contributed by atoms with Crippen LogP contribution in [0.25, 0.3) is 0 Å². The van der Waals surface area contributed by atoms with Crippen LogP contribution in [0.15, 0.2) is 21.5 Å². The molecule has 1 unspecified atom stereocenters. The minimum Gasteiger partial charge on any atom is -0.398 e. The van der Waals surface area contributed by atoms with Crippen LogP contribution in [0, 0.1) is 0 Å². The van der Waals surface area contributed by atoms with Crippen molar-refractivity contribution in [3.63, 3.8) is 0 Å². The Labute approximate surface area is 138 Å². The van der Waals surface area contributed by atoms with E-state index in [0.717, 1.165) is 19.3 Å². The van der Waals surface area contributed by atoms with E-state index in [1.165, 1.54) is 16.4 Å². The Bertz CT molecular complexity index is 624. The normalized spacial score (nSPS) is 21.2. The number of nitrogens with two attached hydrogens (primary N) is 1. The molecule has 8 heteroatoms. The molecule has 1 aromatic carbocycles. The van der Waals surface area contributed by atoms with Gasteiger partial charge in [-0.1, -0.05) is 24.4 Å². The molecule has 1 aliphatic rings.